The van der Waals surface area contributed by atoms with E-state index in [1.807, 2.05) is 18.2 Å². The summed E-state index contributed by atoms with van der Waals surface area (Å²) in [7, 11) is 1.50. The molecule has 1 amide bonds. The van der Waals surface area contributed by atoms with Gasteiger partial charge in [0.2, 0.25) is 0 Å². The predicted molar refractivity (Wildman–Crippen MR) is 102 cm³/mol. The third kappa shape index (κ3) is 3.46. The van der Waals surface area contributed by atoms with Crippen LogP contribution in [0.25, 0.3) is 23.4 Å². The molecule has 0 saturated heterocycles. The highest BCUT2D eigenvalue weighted by atomic mass is 19.1. The van der Waals surface area contributed by atoms with Gasteiger partial charge in [-0.25, -0.2) is 4.39 Å². The number of halogens is 1. The van der Waals surface area contributed by atoms with Crippen molar-refractivity contribution in [2.75, 3.05) is 13.7 Å². The second-order valence-corrected chi connectivity index (χ2v) is 6.27. The van der Waals surface area contributed by atoms with Gasteiger partial charge in [0.25, 0.3) is 5.91 Å². The molecule has 4 rings (SSSR count). The minimum atomic E-state index is -0.357. The number of carbonyl (C=O) groups is 1. The second kappa shape index (κ2) is 7.07. The number of hydrogen-bond acceptors (Lipinski definition) is 3. The molecule has 0 bridgehead atoms. The van der Waals surface area contributed by atoms with Gasteiger partial charge in [0, 0.05) is 47.7 Å². The monoisotopic (exact) mass is 363 g/mol. The molecule has 2 N–H and O–H groups in total. The Morgan fingerprint density at radius 3 is 2.85 bits per heavy atom. The molecule has 1 aromatic carbocycles. The number of hydrogen-bond donors (Lipinski definition) is 2. The molecule has 2 aromatic heterocycles. The van der Waals surface area contributed by atoms with Crippen LogP contribution in [0, 0.1) is 5.82 Å². The first-order valence-electron chi connectivity index (χ1n) is 8.62. The molecule has 3 aromatic rings. The highest BCUT2D eigenvalue weighted by Gasteiger charge is 2.19. The van der Waals surface area contributed by atoms with Crippen molar-refractivity contribution >= 4 is 18.1 Å². The molecule has 0 saturated carbocycles. The second-order valence-electron chi connectivity index (χ2n) is 6.27. The number of fused-ring (bicyclic) bond motifs is 1. The zero-order valence-corrected chi connectivity index (χ0v) is 14.8. The minimum Gasteiger partial charge on any atom is -0.497 e. The van der Waals surface area contributed by atoms with Gasteiger partial charge < -0.3 is 15.0 Å². The number of methoxy groups -OCH3 is 1. The largest absolute Gasteiger partial charge is 0.497 e. The van der Waals surface area contributed by atoms with Gasteiger partial charge in [0.05, 0.1) is 18.4 Å². The van der Waals surface area contributed by atoms with Crippen molar-refractivity contribution in [1.29, 1.82) is 0 Å². The van der Waals surface area contributed by atoms with Crippen molar-refractivity contribution in [3.8, 4) is 17.0 Å². The molecule has 0 atom stereocenters. The van der Waals surface area contributed by atoms with E-state index in [2.05, 4.69) is 15.3 Å². The predicted octanol–water partition coefficient (Wildman–Crippen LogP) is 3.68. The molecular formula is C21H18FN3O2. The van der Waals surface area contributed by atoms with E-state index in [1.54, 1.807) is 30.5 Å². The van der Waals surface area contributed by atoms with E-state index in [4.69, 9.17) is 4.74 Å². The maximum Gasteiger partial charge on any atom is 0.253 e. The van der Waals surface area contributed by atoms with E-state index in [0.717, 1.165) is 23.4 Å². The average Bonchev–Trinajstić information content (AvgIpc) is 3.13. The van der Waals surface area contributed by atoms with Crippen molar-refractivity contribution in [1.82, 2.24) is 15.3 Å². The van der Waals surface area contributed by atoms with Crippen LogP contribution in [0.3, 0.4) is 0 Å². The number of aromatic nitrogens is 2. The molecule has 0 unspecified atom stereocenters. The minimum absolute atomic E-state index is 0.0529. The Kier molecular flexibility index (Phi) is 4.46. The van der Waals surface area contributed by atoms with Crippen LogP contribution in [0.2, 0.25) is 0 Å². The molecule has 0 aliphatic carbocycles. The maximum absolute atomic E-state index is 14.1. The fraction of sp³-hybridized carbons (Fsp3) is 0.143. The summed E-state index contributed by atoms with van der Waals surface area (Å²) in [6, 6.07) is 10.3. The first-order chi connectivity index (χ1) is 13.1. The van der Waals surface area contributed by atoms with Crippen molar-refractivity contribution in [3.63, 3.8) is 0 Å². The lowest BCUT2D eigenvalue weighted by atomic mass is 10.1. The average molecular weight is 363 g/mol. The Morgan fingerprint density at radius 2 is 2.07 bits per heavy atom. The smallest absolute Gasteiger partial charge is 0.253 e. The standard InChI is InChI=1S/C21H18FN3O2/c1-27-16-5-3-13(18(22)11-16)2-4-15-10-14(6-8-23-15)20-12-17-19(25-20)7-9-24-21(17)26/h2-6,8,10-12,25H,7,9H2,1H3,(H,24,26)/b4-2+. The number of nitrogens with zero attached hydrogens (tertiary/aromatic N) is 1. The van der Waals surface area contributed by atoms with E-state index < -0.39 is 0 Å². The lowest BCUT2D eigenvalue weighted by molar-refractivity contribution is 0.0946. The van der Waals surface area contributed by atoms with Gasteiger partial charge in [0.15, 0.2) is 0 Å². The summed E-state index contributed by atoms with van der Waals surface area (Å²) < 4.78 is 19.1. The van der Waals surface area contributed by atoms with Crippen LogP contribution in [-0.2, 0) is 6.42 Å². The van der Waals surface area contributed by atoms with E-state index in [-0.39, 0.29) is 11.7 Å². The van der Waals surface area contributed by atoms with E-state index in [9.17, 15) is 9.18 Å². The first-order valence-corrected chi connectivity index (χ1v) is 8.62. The van der Waals surface area contributed by atoms with Crippen LogP contribution in [0.5, 0.6) is 5.75 Å². The van der Waals surface area contributed by atoms with E-state index in [0.29, 0.717) is 29.1 Å². The van der Waals surface area contributed by atoms with Gasteiger partial charge in [-0.05, 0) is 42.5 Å². The number of benzene rings is 1. The van der Waals surface area contributed by atoms with Crippen LogP contribution < -0.4 is 10.1 Å². The van der Waals surface area contributed by atoms with Gasteiger partial charge >= 0.3 is 0 Å². The molecule has 0 radical (unpaired) electrons. The zero-order valence-electron chi connectivity index (χ0n) is 14.8. The summed E-state index contributed by atoms with van der Waals surface area (Å²) in [5.41, 5.74) is 4.56. The van der Waals surface area contributed by atoms with Crippen LogP contribution in [-0.4, -0.2) is 29.5 Å². The van der Waals surface area contributed by atoms with Crippen molar-refractivity contribution < 1.29 is 13.9 Å². The molecule has 136 valence electrons. The Labute approximate surface area is 155 Å². The fourth-order valence-corrected chi connectivity index (χ4v) is 3.10. The number of rotatable bonds is 4. The number of nitrogens with one attached hydrogen (secondary N) is 2. The van der Waals surface area contributed by atoms with Crippen molar-refractivity contribution in [2.45, 2.75) is 6.42 Å². The molecule has 5 nitrogen and oxygen atoms in total. The highest BCUT2D eigenvalue weighted by Crippen LogP contribution is 2.25. The highest BCUT2D eigenvalue weighted by molar-refractivity contribution is 5.97. The number of aromatic amines is 1. The molecule has 1 aliphatic heterocycles. The van der Waals surface area contributed by atoms with Crippen LogP contribution in [0.4, 0.5) is 4.39 Å². The van der Waals surface area contributed by atoms with Gasteiger partial charge in [-0.3, -0.25) is 9.78 Å². The third-order valence-electron chi connectivity index (χ3n) is 4.54. The topological polar surface area (TPSA) is 67.0 Å². The summed E-state index contributed by atoms with van der Waals surface area (Å²) in [5, 5.41) is 2.84. The molecule has 6 heteroatoms. The summed E-state index contributed by atoms with van der Waals surface area (Å²) >= 11 is 0. The molecule has 0 fully saturated rings. The summed E-state index contributed by atoms with van der Waals surface area (Å²) in [4.78, 5) is 19.6. The molecule has 1 aliphatic rings. The lowest BCUT2D eigenvalue weighted by Gasteiger charge is -2.10. The summed E-state index contributed by atoms with van der Waals surface area (Å²) in [6.45, 7) is 0.642. The number of H-pyrrole nitrogens is 1. The van der Waals surface area contributed by atoms with Crippen LogP contribution in [0.15, 0.2) is 42.6 Å². The van der Waals surface area contributed by atoms with Crippen LogP contribution in [0.1, 0.15) is 27.3 Å². The molecular weight excluding hydrogens is 345 g/mol. The van der Waals surface area contributed by atoms with E-state index in [1.165, 1.54) is 13.2 Å². The molecule has 27 heavy (non-hydrogen) atoms. The van der Waals surface area contributed by atoms with Gasteiger partial charge in [-0.1, -0.05) is 0 Å². The quantitative estimate of drug-likeness (QED) is 0.743. The SMILES string of the molecule is COc1ccc(/C=C/c2cc(-c3cc4c([nH]3)CCNC4=O)ccn2)c(F)c1. The number of amides is 1. The number of carbonyl (C=O) groups excluding carboxylic acids is 1. The van der Waals surface area contributed by atoms with Gasteiger partial charge in [0.1, 0.15) is 11.6 Å². The lowest BCUT2D eigenvalue weighted by Crippen LogP contribution is -2.31. The van der Waals surface area contributed by atoms with Crippen LogP contribution >= 0.6 is 0 Å². The third-order valence-corrected chi connectivity index (χ3v) is 4.54. The Bertz CT molecular complexity index is 1040. The van der Waals surface area contributed by atoms with Gasteiger partial charge in [-0.2, -0.15) is 0 Å². The summed E-state index contributed by atoms with van der Waals surface area (Å²) in [6.07, 6.45) is 5.91. The first kappa shape index (κ1) is 17.0. The Morgan fingerprint density at radius 1 is 1.19 bits per heavy atom. The Balaban J connectivity index is 1.61. The normalized spacial score (nSPS) is 13.5. The molecule has 3 heterocycles. The maximum atomic E-state index is 14.1. The van der Waals surface area contributed by atoms with Gasteiger partial charge in [-0.15, -0.1) is 0 Å². The Hall–Kier alpha value is -3.41. The summed E-state index contributed by atoms with van der Waals surface area (Å²) in [5.74, 6) is 0.0669. The fourth-order valence-electron chi connectivity index (χ4n) is 3.10. The molecule has 0 spiro atoms. The van der Waals surface area contributed by atoms with Crippen molar-refractivity contribution in [3.05, 3.63) is 70.9 Å². The zero-order chi connectivity index (χ0) is 18.8. The number of pyridine rings is 1. The number of ether oxygens (including phenoxy) is 1. The van der Waals surface area contributed by atoms with E-state index >= 15 is 0 Å². The van der Waals surface area contributed by atoms with Crippen molar-refractivity contribution in [2.24, 2.45) is 0 Å².